The van der Waals surface area contributed by atoms with E-state index in [1.807, 2.05) is 6.08 Å². The third-order valence-corrected chi connectivity index (χ3v) is 11.1. The van der Waals surface area contributed by atoms with Gasteiger partial charge in [-0.25, -0.2) is 0 Å². The number of nitrogens with one attached hydrogen (secondary N) is 2. The number of methoxy groups -OCH3 is 3. The summed E-state index contributed by atoms with van der Waals surface area (Å²) in [7, 11) is 4.64. The van der Waals surface area contributed by atoms with Crippen LogP contribution in [-0.2, 0) is 14.4 Å². The van der Waals surface area contributed by atoms with Crippen LogP contribution in [-0.4, -0.2) is 52.0 Å². The van der Waals surface area contributed by atoms with Crippen LogP contribution in [0.1, 0.15) is 70.8 Å². The summed E-state index contributed by atoms with van der Waals surface area (Å²) in [5.41, 5.74) is 2.29. The molecule has 0 radical (unpaired) electrons. The predicted octanol–water partition coefficient (Wildman–Crippen LogP) is 5.11. The molecule has 0 aromatic heterocycles. The summed E-state index contributed by atoms with van der Waals surface area (Å²) in [6, 6.07) is 3.54. The molecule has 228 valence electrons. The van der Waals surface area contributed by atoms with Crippen molar-refractivity contribution < 1.29 is 28.6 Å². The molecule has 0 heterocycles. The van der Waals surface area contributed by atoms with E-state index in [0.29, 0.717) is 60.3 Å². The number of ether oxygens (including phenoxy) is 3. The van der Waals surface area contributed by atoms with Gasteiger partial charge in [0.2, 0.25) is 17.6 Å². The average molecular weight is 579 g/mol. The Kier molecular flexibility index (Phi) is 8.72. The van der Waals surface area contributed by atoms with Crippen molar-refractivity contribution in [1.82, 2.24) is 10.6 Å². The molecule has 3 saturated carbocycles. The lowest BCUT2D eigenvalue weighted by Gasteiger charge is -2.58. The van der Waals surface area contributed by atoms with Crippen LogP contribution < -0.4 is 24.8 Å². The molecule has 3 fully saturated rings. The van der Waals surface area contributed by atoms with E-state index < -0.39 is 0 Å². The first-order valence-electron chi connectivity index (χ1n) is 15.4. The fraction of sp³-hybridized carbons (Fsp3) is 0.618. The van der Waals surface area contributed by atoms with Crippen LogP contribution in [0.3, 0.4) is 0 Å². The van der Waals surface area contributed by atoms with Crippen LogP contribution in [0.2, 0.25) is 0 Å². The van der Waals surface area contributed by atoms with Gasteiger partial charge in [0.25, 0.3) is 0 Å². The van der Waals surface area contributed by atoms with E-state index in [0.717, 1.165) is 50.5 Å². The van der Waals surface area contributed by atoms with E-state index in [2.05, 4.69) is 24.5 Å². The highest BCUT2D eigenvalue weighted by molar-refractivity contribution is 5.92. The minimum absolute atomic E-state index is 0.0109. The van der Waals surface area contributed by atoms with Crippen LogP contribution in [0.25, 0.3) is 6.08 Å². The van der Waals surface area contributed by atoms with E-state index >= 15 is 0 Å². The van der Waals surface area contributed by atoms with Crippen LogP contribution in [0, 0.1) is 34.5 Å². The predicted molar refractivity (Wildman–Crippen MR) is 161 cm³/mol. The third kappa shape index (κ3) is 5.45. The zero-order valence-corrected chi connectivity index (χ0v) is 25.7. The molecule has 1 aromatic rings. The van der Waals surface area contributed by atoms with Gasteiger partial charge in [-0.15, -0.1) is 0 Å². The Hall–Kier alpha value is -3.29. The van der Waals surface area contributed by atoms with Gasteiger partial charge in [0.15, 0.2) is 17.3 Å². The smallest absolute Gasteiger partial charge is 0.244 e. The number of benzene rings is 1. The standard InChI is InChI=1S/C34H46N2O6/c1-33-14-12-23(37)20-22(33)7-8-24-25-9-10-27(34(25,2)15-13-26(24)33)32(39)36-17-16-35-30(38)11-6-21-18-28(40-3)31(42-5)29(19-21)41-4/h6,11,18-20,24-27H,7-10,12-17H2,1-5H3,(H,35,38)(H,36,39)/b11-6+/t24-,25-,26-,27+,33-,34-/m0/s1. The number of hydrogen-bond donors (Lipinski definition) is 2. The van der Waals surface area contributed by atoms with Gasteiger partial charge in [-0.1, -0.05) is 19.4 Å². The Morgan fingerprint density at radius 1 is 0.905 bits per heavy atom. The number of rotatable bonds is 9. The maximum absolute atomic E-state index is 13.4. The lowest BCUT2D eigenvalue weighted by molar-refractivity contribution is -0.132. The number of hydrogen-bond acceptors (Lipinski definition) is 6. The van der Waals surface area contributed by atoms with Crippen LogP contribution in [0.4, 0.5) is 0 Å². The second-order valence-electron chi connectivity index (χ2n) is 13.0. The first kappa shape index (κ1) is 30.2. The minimum Gasteiger partial charge on any atom is -0.493 e. The number of fused-ring (bicyclic) bond motifs is 5. The molecule has 4 aliphatic rings. The van der Waals surface area contributed by atoms with E-state index in [9.17, 15) is 14.4 Å². The summed E-state index contributed by atoms with van der Waals surface area (Å²) < 4.78 is 16.1. The highest BCUT2D eigenvalue weighted by Gasteiger charge is 2.60. The summed E-state index contributed by atoms with van der Waals surface area (Å²) in [6.07, 6.45) is 13.2. The number of ketones is 1. The molecule has 5 rings (SSSR count). The van der Waals surface area contributed by atoms with E-state index in [-0.39, 0.29) is 28.6 Å². The monoisotopic (exact) mass is 578 g/mol. The normalized spacial score (nSPS) is 31.8. The second kappa shape index (κ2) is 12.1. The fourth-order valence-electron chi connectivity index (χ4n) is 8.91. The quantitative estimate of drug-likeness (QED) is 0.312. The average Bonchev–Trinajstić information content (AvgIpc) is 3.35. The molecule has 2 amide bonds. The van der Waals surface area contributed by atoms with Crippen molar-refractivity contribution in [3.63, 3.8) is 0 Å². The molecule has 0 bridgehead atoms. The van der Waals surface area contributed by atoms with Crippen molar-refractivity contribution in [3.8, 4) is 17.2 Å². The molecule has 8 heteroatoms. The van der Waals surface area contributed by atoms with Crippen molar-refractivity contribution in [1.29, 1.82) is 0 Å². The highest BCUT2D eigenvalue weighted by atomic mass is 16.5. The van der Waals surface area contributed by atoms with E-state index in [1.165, 1.54) is 11.6 Å². The number of carbonyl (C=O) groups is 3. The van der Waals surface area contributed by atoms with E-state index in [4.69, 9.17) is 14.2 Å². The van der Waals surface area contributed by atoms with Gasteiger partial charge in [-0.05, 0) is 103 Å². The summed E-state index contributed by atoms with van der Waals surface area (Å²) >= 11 is 0. The molecule has 1 aromatic carbocycles. The third-order valence-electron chi connectivity index (χ3n) is 11.1. The SMILES string of the molecule is COc1cc(/C=C/C(=O)NCCNC(=O)[C@H]2CC[C@H]3[C@@H]4CCC5=CC(=O)CC[C@]5(C)[C@H]4CC[C@]23C)cc(OC)c1OC. The maximum atomic E-state index is 13.4. The molecule has 8 nitrogen and oxygen atoms in total. The largest absolute Gasteiger partial charge is 0.493 e. The lowest BCUT2D eigenvalue weighted by atomic mass is 9.47. The Balaban J connectivity index is 1.12. The highest BCUT2D eigenvalue weighted by Crippen LogP contribution is 2.66. The van der Waals surface area contributed by atoms with Crippen LogP contribution in [0.15, 0.2) is 29.9 Å². The molecule has 0 unspecified atom stereocenters. The summed E-state index contributed by atoms with van der Waals surface area (Å²) in [5.74, 6) is 3.52. The summed E-state index contributed by atoms with van der Waals surface area (Å²) in [5, 5.41) is 5.97. The van der Waals surface area contributed by atoms with Crippen molar-refractivity contribution in [3.05, 3.63) is 35.4 Å². The van der Waals surface area contributed by atoms with Gasteiger partial charge in [-0.3, -0.25) is 14.4 Å². The lowest BCUT2D eigenvalue weighted by Crippen LogP contribution is -2.52. The van der Waals surface area contributed by atoms with Crippen molar-refractivity contribution in [2.75, 3.05) is 34.4 Å². The molecule has 0 saturated heterocycles. The zero-order chi connectivity index (χ0) is 30.1. The molecule has 0 aliphatic heterocycles. The Bertz CT molecular complexity index is 1260. The maximum Gasteiger partial charge on any atom is 0.244 e. The van der Waals surface area contributed by atoms with Gasteiger partial charge in [0.1, 0.15) is 0 Å². The second-order valence-corrected chi connectivity index (χ2v) is 13.0. The molecular weight excluding hydrogens is 532 g/mol. The molecule has 6 atom stereocenters. The Labute approximate surface area is 249 Å². The number of amides is 2. The van der Waals surface area contributed by atoms with Crippen LogP contribution >= 0.6 is 0 Å². The Morgan fingerprint density at radius 3 is 2.31 bits per heavy atom. The van der Waals surface area contributed by atoms with Gasteiger partial charge >= 0.3 is 0 Å². The molecule has 0 spiro atoms. The first-order valence-corrected chi connectivity index (χ1v) is 15.4. The van der Waals surface area contributed by atoms with E-state index in [1.54, 1.807) is 39.5 Å². The summed E-state index contributed by atoms with van der Waals surface area (Å²) in [4.78, 5) is 38.0. The topological polar surface area (TPSA) is 103 Å². The molecular formula is C34H46N2O6. The van der Waals surface area contributed by atoms with Gasteiger partial charge in [-0.2, -0.15) is 0 Å². The zero-order valence-electron chi connectivity index (χ0n) is 25.7. The van der Waals surface area contributed by atoms with Crippen molar-refractivity contribution in [2.24, 2.45) is 34.5 Å². The van der Waals surface area contributed by atoms with Crippen molar-refractivity contribution >= 4 is 23.7 Å². The van der Waals surface area contributed by atoms with Crippen molar-refractivity contribution in [2.45, 2.75) is 65.2 Å². The van der Waals surface area contributed by atoms with Gasteiger partial charge < -0.3 is 24.8 Å². The Morgan fingerprint density at radius 2 is 1.62 bits per heavy atom. The molecule has 4 aliphatic carbocycles. The molecule has 42 heavy (non-hydrogen) atoms. The summed E-state index contributed by atoms with van der Waals surface area (Å²) in [6.45, 7) is 5.50. The van der Waals surface area contributed by atoms with Gasteiger partial charge in [0, 0.05) is 31.5 Å². The van der Waals surface area contributed by atoms with Gasteiger partial charge in [0.05, 0.1) is 21.3 Å². The van der Waals surface area contributed by atoms with Crippen LogP contribution in [0.5, 0.6) is 17.2 Å². The fourth-order valence-corrected chi connectivity index (χ4v) is 8.91. The number of allylic oxidation sites excluding steroid dienone is 1. The molecule has 2 N–H and O–H groups in total. The first-order chi connectivity index (χ1) is 20.1. The minimum atomic E-state index is -0.243. The number of carbonyl (C=O) groups excluding carboxylic acids is 3.